The number of aliphatic hydroxyl groups is 1. The minimum absolute atomic E-state index is 0.0664. The maximum absolute atomic E-state index is 12.2. The van der Waals surface area contributed by atoms with E-state index in [4.69, 9.17) is 9.47 Å². The van der Waals surface area contributed by atoms with Crippen LogP contribution in [0.1, 0.15) is 277 Å². The van der Waals surface area contributed by atoms with E-state index in [2.05, 4.69) is 50.3 Å². The molecule has 0 bridgehead atoms. The first-order valence-corrected chi connectivity index (χ1v) is 26.0. The van der Waals surface area contributed by atoms with Crippen LogP contribution in [-0.4, -0.2) is 36.4 Å². The highest BCUT2D eigenvalue weighted by Crippen LogP contribution is 2.16. The van der Waals surface area contributed by atoms with Gasteiger partial charge in [0, 0.05) is 12.8 Å². The Morgan fingerprint density at radius 1 is 0.390 bits per heavy atom. The Labute approximate surface area is 367 Å². The van der Waals surface area contributed by atoms with Crippen molar-refractivity contribution in [1.82, 2.24) is 0 Å². The topological polar surface area (TPSA) is 72.8 Å². The fourth-order valence-electron chi connectivity index (χ4n) is 7.70. The van der Waals surface area contributed by atoms with Crippen molar-refractivity contribution in [1.29, 1.82) is 0 Å². The summed E-state index contributed by atoms with van der Waals surface area (Å²) in [6, 6.07) is 0. The number of hydrogen-bond donors (Lipinski definition) is 1. The molecule has 0 aromatic heterocycles. The largest absolute Gasteiger partial charge is 0.462 e. The van der Waals surface area contributed by atoms with E-state index in [1.54, 1.807) is 0 Å². The molecule has 0 rings (SSSR count). The fraction of sp³-hybridized carbons (Fsp3) is 0.852. The van der Waals surface area contributed by atoms with E-state index in [1.807, 2.05) is 0 Å². The number of ether oxygens (including phenoxy) is 2. The van der Waals surface area contributed by atoms with Gasteiger partial charge in [0.25, 0.3) is 0 Å². The quantitative estimate of drug-likeness (QED) is 0.0376. The third-order valence-electron chi connectivity index (χ3n) is 11.7. The van der Waals surface area contributed by atoms with Gasteiger partial charge in [0.05, 0.1) is 6.61 Å². The summed E-state index contributed by atoms with van der Waals surface area (Å²) in [5.74, 6) is -0.590. The molecule has 5 heteroatoms. The van der Waals surface area contributed by atoms with E-state index in [-0.39, 0.29) is 25.2 Å². The molecule has 59 heavy (non-hydrogen) atoms. The van der Waals surface area contributed by atoms with E-state index >= 15 is 0 Å². The van der Waals surface area contributed by atoms with Crippen LogP contribution in [0.4, 0.5) is 0 Å². The average Bonchev–Trinajstić information content (AvgIpc) is 3.24. The minimum Gasteiger partial charge on any atom is -0.462 e. The van der Waals surface area contributed by atoms with Gasteiger partial charge in [0.2, 0.25) is 0 Å². The lowest BCUT2D eigenvalue weighted by molar-refractivity contribution is -0.161. The van der Waals surface area contributed by atoms with Gasteiger partial charge in [-0.2, -0.15) is 0 Å². The second kappa shape index (κ2) is 50.5. The fourth-order valence-corrected chi connectivity index (χ4v) is 7.70. The molecule has 0 aliphatic carbocycles. The Bertz CT molecular complexity index is 939. The van der Waals surface area contributed by atoms with Crippen LogP contribution >= 0.6 is 0 Å². The zero-order valence-corrected chi connectivity index (χ0v) is 39.5. The van der Waals surface area contributed by atoms with Gasteiger partial charge in [-0.05, 0) is 70.6 Å². The predicted octanol–water partition coefficient (Wildman–Crippen LogP) is 17.1. The molecule has 0 aromatic rings. The van der Waals surface area contributed by atoms with Gasteiger partial charge in [-0.1, -0.05) is 230 Å². The Morgan fingerprint density at radius 2 is 0.678 bits per heavy atom. The monoisotopic (exact) mass is 829 g/mol. The molecule has 0 amide bonds. The summed E-state index contributed by atoms with van der Waals surface area (Å²) in [6.07, 6.45) is 64.1. The van der Waals surface area contributed by atoms with Crippen LogP contribution in [-0.2, 0) is 19.1 Å². The van der Waals surface area contributed by atoms with Crippen molar-refractivity contribution < 1.29 is 24.2 Å². The van der Waals surface area contributed by atoms with Crippen molar-refractivity contribution in [2.75, 3.05) is 13.2 Å². The molecule has 1 atom stereocenters. The van der Waals surface area contributed by atoms with Crippen LogP contribution in [0.2, 0.25) is 0 Å². The first kappa shape index (κ1) is 57.1. The normalized spacial score (nSPS) is 12.4. The average molecular weight is 829 g/mol. The molecule has 346 valence electrons. The van der Waals surface area contributed by atoms with E-state index in [9.17, 15) is 14.7 Å². The molecule has 1 N–H and O–H groups in total. The molecule has 0 aliphatic rings. The maximum atomic E-state index is 12.2. The molecule has 0 saturated heterocycles. The highest BCUT2D eigenvalue weighted by atomic mass is 16.6. The molecule has 0 aromatic carbocycles. The van der Waals surface area contributed by atoms with Gasteiger partial charge < -0.3 is 14.6 Å². The lowest BCUT2D eigenvalue weighted by atomic mass is 10.0. The summed E-state index contributed by atoms with van der Waals surface area (Å²) < 4.78 is 10.6. The lowest BCUT2D eigenvalue weighted by Crippen LogP contribution is -2.28. The SMILES string of the molecule is CCCCC/C=C\CCCCCCCC(=O)OCC(CO)OC(=O)CCCCCCCCCCCCCCCCCCCCCCC/C=C\C/C=C\CCCCCCC. The summed E-state index contributed by atoms with van der Waals surface area (Å²) in [5.41, 5.74) is 0. The van der Waals surface area contributed by atoms with Crippen molar-refractivity contribution >= 4 is 11.9 Å². The summed E-state index contributed by atoms with van der Waals surface area (Å²) in [5, 5.41) is 9.59. The number of allylic oxidation sites excluding steroid dienone is 6. The van der Waals surface area contributed by atoms with Gasteiger partial charge in [-0.3, -0.25) is 9.59 Å². The molecule has 0 radical (unpaired) electrons. The van der Waals surface area contributed by atoms with E-state index < -0.39 is 6.10 Å². The van der Waals surface area contributed by atoms with Crippen molar-refractivity contribution in [2.24, 2.45) is 0 Å². The minimum atomic E-state index is -0.771. The number of carbonyl (C=O) groups is 2. The lowest BCUT2D eigenvalue weighted by Gasteiger charge is -2.15. The number of aliphatic hydroxyl groups excluding tert-OH is 1. The van der Waals surface area contributed by atoms with Crippen LogP contribution in [0.5, 0.6) is 0 Å². The van der Waals surface area contributed by atoms with E-state index in [0.717, 1.165) is 51.4 Å². The van der Waals surface area contributed by atoms with Gasteiger partial charge in [0.15, 0.2) is 6.10 Å². The molecule has 0 aliphatic heterocycles. The van der Waals surface area contributed by atoms with Crippen LogP contribution in [0.3, 0.4) is 0 Å². The molecule has 0 spiro atoms. The molecule has 0 saturated carbocycles. The Kier molecular flexibility index (Phi) is 48.9. The summed E-state index contributed by atoms with van der Waals surface area (Å²) in [7, 11) is 0. The first-order chi connectivity index (χ1) is 29.1. The molecular weight excluding hydrogens is 729 g/mol. The summed E-state index contributed by atoms with van der Waals surface area (Å²) in [6.45, 7) is 4.12. The van der Waals surface area contributed by atoms with E-state index in [0.29, 0.717) is 12.8 Å². The summed E-state index contributed by atoms with van der Waals surface area (Å²) >= 11 is 0. The third-order valence-corrected chi connectivity index (χ3v) is 11.7. The molecule has 0 fully saturated rings. The molecule has 0 heterocycles. The highest BCUT2D eigenvalue weighted by Gasteiger charge is 2.16. The first-order valence-electron chi connectivity index (χ1n) is 26.0. The van der Waals surface area contributed by atoms with Crippen molar-refractivity contribution in [3.63, 3.8) is 0 Å². The number of unbranched alkanes of at least 4 members (excludes halogenated alkanes) is 34. The number of hydrogen-bond acceptors (Lipinski definition) is 5. The number of carbonyl (C=O) groups excluding carboxylic acids is 2. The number of esters is 2. The summed E-state index contributed by atoms with van der Waals surface area (Å²) in [4.78, 5) is 24.3. The standard InChI is InChI=1S/C54H100O5/c1-3-5-7-9-11-13-15-17-18-19-20-21-22-23-24-25-26-27-28-29-30-31-32-33-34-35-36-37-39-41-43-45-47-49-54(57)59-52(50-55)51-58-53(56)48-46-44-42-40-38-16-14-12-10-8-6-4-2/h12,14-15,17,19-20,52,55H,3-11,13,16,18,21-51H2,1-2H3/b14-12-,17-15-,20-19-. The van der Waals surface area contributed by atoms with Gasteiger partial charge in [-0.15, -0.1) is 0 Å². The molecule has 1 unspecified atom stereocenters. The van der Waals surface area contributed by atoms with Gasteiger partial charge in [0.1, 0.15) is 6.61 Å². The third kappa shape index (κ3) is 48.7. The molecular formula is C54H100O5. The van der Waals surface area contributed by atoms with Crippen LogP contribution in [0, 0.1) is 0 Å². The highest BCUT2D eigenvalue weighted by molar-refractivity contribution is 5.70. The van der Waals surface area contributed by atoms with Crippen molar-refractivity contribution in [3.8, 4) is 0 Å². The van der Waals surface area contributed by atoms with E-state index in [1.165, 1.54) is 199 Å². The van der Waals surface area contributed by atoms with Crippen molar-refractivity contribution in [2.45, 2.75) is 283 Å². The van der Waals surface area contributed by atoms with Crippen LogP contribution in [0.15, 0.2) is 36.5 Å². The Hall–Kier alpha value is -1.88. The van der Waals surface area contributed by atoms with Gasteiger partial charge in [-0.25, -0.2) is 0 Å². The number of rotatable bonds is 48. The Morgan fingerprint density at radius 3 is 1.05 bits per heavy atom. The Balaban J connectivity index is 3.40. The maximum Gasteiger partial charge on any atom is 0.306 e. The van der Waals surface area contributed by atoms with Crippen LogP contribution < -0.4 is 0 Å². The van der Waals surface area contributed by atoms with Crippen molar-refractivity contribution in [3.05, 3.63) is 36.5 Å². The molecule has 5 nitrogen and oxygen atoms in total. The van der Waals surface area contributed by atoms with Gasteiger partial charge >= 0.3 is 11.9 Å². The second-order valence-electron chi connectivity index (χ2n) is 17.6. The second-order valence-corrected chi connectivity index (χ2v) is 17.6. The smallest absolute Gasteiger partial charge is 0.306 e. The van der Waals surface area contributed by atoms with Crippen LogP contribution in [0.25, 0.3) is 0 Å². The zero-order chi connectivity index (χ0) is 42.8. The zero-order valence-electron chi connectivity index (χ0n) is 39.5. The predicted molar refractivity (Wildman–Crippen MR) is 256 cm³/mol.